The first-order valence-electron chi connectivity index (χ1n) is 8.05. The molecular weight excluding hydrogens is 405 g/mol. The van der Waals surface area contributed by atoms with Gasteiger partial charge in [-0.15, -0.1) is 0 Å². The van der Waals surface area contributed by atoms with Crippen molar-refractivity contribution < 1.29 is 14.3 Å². The lowest BCUT2D eigenvalue weighted by Gasteiger charge is -2.15. The van der Waals surface area contributed by atoms with Crippen molar-refractivity contribution in [1.29, 1.82) is 0 Å². The fourth-order valence-electron chi connectivity index (χ4n) is 2.51. The Labute approximate surface area is 170 Å². The van der Waals surface area contributed by atoms with Crippen LogP contribution in [0.4, 0.5) is 11.6 Å². The van der Waals surface area contributed by atoms with Gasteiger partial charge in [-0.3, -0.25) is 4.79 Å². The van der Waals surface area contributed by atoms with E-state index in [1.807, 2.05) is 13.8 Å². The highest BCUT2D eigenvalue weighted by molar-refractivity contribution is 6.42. The molecule has 1 aromatic heterocycles. The van der Waals surface area contributed by atoms with Crippen molar-refractivity contribution in [3.05, 3.63) is 57.5 Å². The molecule has 0 bridgehead atoms. The molecule has 1 N–H and O–H groups in total. The van der Waals surface area contributed by atoms with Crippen LogP contribution in [0.5, 0.6) is 0 Å². The molecule has 2 heterocycles. The summed E-state index contributed by atoms with van der Waals surface area (Å²) in [5, 5.41) is 3.41. The van der Waals surface area contributed by atoms with Crippen molar-refractivity contribution in [3.8, 4) is 0 Å². The van der Waals surface area contributed by atoms with Crippen LogP contribution in [-0.4, -0.2) is 34.9 Å². The number of carbonyl (C=O) groups is 2. The Morgan fingerprint density at radius 3 is 2.46 bits per heavy atom. The number of nitrogens with zero attached hydrogens (tertiary/aromatic N) is 4. The highest BCUT2D eigenvalue weighted by Crippen LogP contribution is 2.30. The number of amides is 1. The van der Waals surface area contributed by atoms with Crippen LogP contribution in [0.3, 0.4) is 0 Å². The first-order chi connectivity index (χ1) is 13.3. The van der Waals surface area contributed by atoms with Gasteiger partial charge in [0.05, 0.1) is 28.9 Å². The quantitative estimate of drug-likeness (QED) is 0.606. The van der Waals surface area contributed by atoms with Gasteiger partial charge in [0.1, 0.15) is 5.70 Å². The fourth-order valence-corrected chi connectivity index (χ4v) is 2.81. The Balaban J connectivity index is 2.11. The number of aryl methyl sites for hydroxylation is 2. The number of rotatable bonds is 3. The number of hydrogen-bond donors (Lipinski definition) is 1. The molecule has 28 heavy (non-hydrogen) atoms. The summed E-state index contributed by atoms with van der Waals surface area (Å²) >= 11 is 12.1. The van der Waals surface area contributed by atoms with Gasteiger partial charge in [-0.25, -0.2) is 19.7 Å². The Kier molecular flexibility index (Phi) is 5.62. The molecule has 0 spiro atoms. The number of carbonyl (C=O) groups excluding carboxylic acids is 2. The van der Waals surface area contributed by atoms with Crippen molar-refractivity contribution in [2.75, 3.05) is 12.0 Å². The summed E-state index contributed by atoms with van der Waals surface area (Å²) < 4.78 is 4.59. The van der Waals surface area contributed by atoms with E-state index in [1.54, 1.807) is 18.2 Å². The summed E-state index contributed by atoms with van der Waals surface area (Å²) in [6.07, 6.45) is 1.04. The molecule has 0 saturated carbocycles. The number of esters is 1. The average Bonchev–Trinajstić information content (AvgIpc) is 2.91. The minimum absolute atomic E-state index is 0.0129. The predicted molar refractivity (Wildman–Crippen MR) is 106 cm³/mol. The molecule has 1 aliphatic heterocycles. The third-order valence-corrected chi connectivity index (χ3v) is 4.43. The Hall–Kier alpha value is -2.97. The number of aliphatic imine (C=N–C) groups is 1. The average molecular weight is 420 g/mol. The number of ether oxygens (including phenoxy) is 1. The highest BCUT2D eigenvalue weighted by atomic mass is 35.5. The largest absolute Gasteiger partial charge is 0.466 e. The zero-order valence-electron chi connectivity index (χ0n) is 15.2. The smallest absolute Gasteiger partial charge is 0.332 e. The molecule has 0 aliphatic carbocycles. The van der Waals surface area contributed by atoms with Gasteiger partial charge in [0.15, 0.2) is 0 Å². The maximum absolute atomic E-state index is 12.9. The number of hydrogen-bond acceptors (Lipinski definition) is 6. The summed E-state index contributed by atoms with van der Waals surface area (Å²) in [6.45, 7) is 3.62. The Morgan fingerprint density at radius 1 is 1.18 bits per heavy atom. The monoisotopic (exact) mass is 419 g/mol. The van der Waals surface area contributed by atoms with Gasteiger partial charge in [-0.2, -0.15) is 4.99 Å². The van der Waals surface area contributed by atoms with Crippen LogP contribution in [0.25, 0.3) is 0 Å². The molecule has 1 aliphatic rings. The normalized spacial score (nSPS) is 16.6. The fraction of sp³-hybridized carbons (Fsp3) is 0.167. The zero-order chi connectivity index (χ0) is 20.4. The van der Waals surface area contributed by atoms with E-state index in [1.165, 1.54) is 18.1 Å². The molecule has 0 atom stereocenters. The lowest BCUT2D eigenvalue weighted by atomic mass is 10.3. The maximum atomic E-state index is 12.9. The maximum Gasteiger partial charge on any atom is 0.332 e. The van der Waals surface area contributed by atoms with Crippen LogP contribution < -0.4 is 10.2 Å². The number of guanidine groups is 1. The van der Waals surface area contributed by atoms with Gasteiger partial charge in [0.2, 0.25) is 5.96 Å². The van der Waals surface area contributed by atoms with E-state index in [9.17, 15) is 9.59 Å². The molecule has 0 unspecified atom stereocenters. The summed E-state index contributed by atoms with van der Waals surface area (Å²) in [5.41, 5.74) is 1.84. The van der Waals surface area contributed by atoms with E-state index in [0.717, 1.165) is 17.5 Å². The molecule has 3 rings (SSSR count). The standard InChI is InChI=1S/C18H15Cl2N5O3/c1-9-6-10(2)22-17(21-9)24-18-23-14(8-15(26)28-3)16(27)25(18)11-4-5-12(19)13(20)7-11/h4-8H,1-3H3,(H,21,22,23,24). The van der Waals surface area contributed by atoms with Gasteiger partial charge < -0.3 is 10.1 Å². The van der Waals surface area contributed by atoms with Crippen molar-refractivity contribution in [2.45, 2.75) is 13.8 Å². The highest BCUT2D eigenvalue weighted by Gasteiger charge is 2.34. The van der Waals surface area contributed by atoms with Gasteiger partial charge in [0, 0.05) is 11.4 Å². The second-order valence-electron chi connectivity index (χ2n) is 5.83. The summed E-state index contributed by atoms with van der Waals surface area (Å²) in [5.74, 6) is -0.929. The summed E-state index contributed by atoms with van der Waals surface area (Å²) in [4.78, 5) is 38.6. The Morgan fingerprint density at radius 2 is 1.86 bits per heavy atom. The number of benzene rings is 1. The second-order valence-corrected chi connectivity index (χ2v) is 6.65. The second kappa shape index (κ2) is 7.95. The molecule has 0 radical (unpaired) electrons. The van der Waals surface area contributed by atoms with Crippen molar-refractivity contribution in [1.82, 2.24) is 15.3 Å². The van der Waals surface area contributed by atoms with Crippen LogP contribution in [0, 0.1) is 13.8 Å². The van der Waals surface area contributed by atoms with Crippen LogP contribution in [0.1, 0.15) is 11.4 Å². The lowest BCUT2D eigenvalue weighted by molar-refractivity contribution is -0.135. The predicted octanol–water partition coefficient (Wildman–Crippen LogP) is 3.08. The lowest BCUT2D eigenvalue weighted by Crippen LogP contribution is -2.32. The van der Waals surface area contributed by atoms with E-state index in [-0.39, 0.29) is 22.6 Å². The number of anilines is 1. The van der Waals surface area contributed by atoms with E-state index in [4.69, 9.17) is 23.2 Å². The van der Waals surface area contributed by atoms with Gasteiger partial charge in [-0.1, -0.05) is 23.2 Å². The van der Waals surface area contributed by atoms with E-state index in [2.05, 4.69) is 25.0 Å². The first kappa shape index (κ1) is 19.8. The molecule has 8 nitrogen and oxygen atoms in total. The van der Waals surface area contributed by atoms with Gasteiger partial charge >= 0.3 is 5.97 Å². The minimum atomic E-state index is -0.686. The van der Waals surface area contributed by atoms with Gasteiger partial charge in [-0.05, 0) is 38.1 Å². The molecule has 1 fully saturated rings. The SMILES string of the molecule is COC(=O)C=C1N/C(=N\c2nc(C)cc(C)n2)N(c2ccc(Cl)c(Cl)c2)C1=O. The number of aromatic nitrogens is 2. The van der Waals surface area contributed by atoms with Crippen molar-refractivity contribution in [3.63, 3.8) is 0 Å². The third-order valence-electron chi connectivity index (χ3n) is 3.69. The molecule has 1 aromatic carbocycles. The van der Waals surface area contributed by atoms with E-state index >= 15 is 0 Å². The molecule has 144 valence electrons. The topological polar surface area (TPSA) is 96.8 Å². The van der Waals surface area contributed by atoms with E-state index in [0.29, 0.717) is 10.7 Å². The van der Waals surface area contributed by atoms with Crippen molar-refractivity contribution in [2.24, 2.45) is 4.99 Å². The number of nitrogens with one attached hydrogen (secondary N) is 1. The summed E-state index contributed by atoms with van der Waals surface area (Å²) in [7, 11) is 1.22. The molecule has 2 aromatic rings. The van der Waals surface area contributed by atoms with E-state index < -0.39 is 11.9 Å². The third kappa shape index (κ3) is 4.13. The number of methoxy groups -OCH3 is 1. The molecule has 10 heteroatoms. The first-order valence-corrected chi connectivity index (χ1v) is 8.81. The number of halogens is 2. The molecular formula is C18H15Cl2N5O3. The van der Waals surface area contributed by atoms with Crippen LogP contribution in [0.2, 0.25) is 10.0 Å². The Bertz CT molecular complexity index is 1020. The zero-order valence-corrected chi connectivity index (χ0v) is 16.7. The summed E-state index contributed by atoms with van der Waals surface area (Å²) in [6, 6.07) is 6.48. The van der Waals surface area contributed by atoms with Crippen LogP contribution in [0.15, 0.2) is 41.0 Å². The van der Waals surface area contributed by atoms with Crippen LogP contribution in [-0.2, 0) is 14.3 Å². The van der Waals surface area contributed by atoms with Crippen LogP contribution >= 0.6 is 23.2 Å². The molecule has 1 saturated heterocycles. The van der Waals surface area contributed by atoms with Gasteiger partial charge in [0.25, 0.3) is 11.9 Å². The molecule has 1 amide bonds. The van der Waals surface area contributed by atoms with Crippen molar-refractivity contribution >= 4 is 52.7 Å². The minimum Gasteiger partial charge on any atom is -0.466 e.